The standard InChI is InChI=1S/C28H27NO4S.C2H4Cl2.ClH/c30-21-8-4-19(5-9-21)28-26(24-13-10-22(31)17-25(24)34-28)27(32)18-6-11-23(12-7-18)33-16-14-20-3-1-2-15-29-20;3-1-2-4;/h4-13,17,20,29-31H,1-3,14-16H2;1-2H2;1H. The molecule has 0 radical (unpaired) electrons. The lowest BCUT2D eigenvalue weighted by Gasteiger charge is -2.23. The number of nitrogens with one attached hydrogen (secondary N) is 1. The Bertz CT molecular complexity index is 1340. The fraction of sp³-hybridized carbons (Fsp3) is 0.300. The van der Waals surface area contributed by atoms with Crippen molar-refractivity contribution in [2.24, 2.45) is 0 Å². The van der Waals surface area contributed by atoms with Crippen molar-refractivity contribution in [1.82, 2.24) is 5.32 Å². The number of hydrogen-bond donors (Lipinski definition) is 3. The molecular formula is C30H32Cl3NO4S. The minimum atomic E-state index is -0.0852. The highest BCUT2D eigenvalue weighted by Gasteiger charge is 2.22. The first-order chi connectivity index (χ1) is 18.5. The Balaban J connectivity index is 0.000000788. The zero-order valence-corrected chi connectivity index (χ0v) is 24.5. The summed E-state index contributed by atoms with van der Waals surface area (Å²) in [4.78, 5) is 14.5. The van der Waals surface area contributed by atoms with E-state index < -0.39 is 0 Å². The number of hydrogen-bond acceptors (Lipinski definition) is 6. The third-order valence-electron chi connectivity index (χ3n) is 6.37. The van der Waals surface area contributed by atoms with Crippen molar-refractivity contribution in [2.45, 2.75) is 31.7 Å². The van der Waals surface area contributed by atoms with Crippen LogP contribution in [-0.2, 0) is 0 Å². The highest BCUT2D eigenvalue weighted by atomic mass is 35.5. The van der Waals surface area contributed by atoms with Crippen molar-refractivity contribution in [3.05, 3.63) is 77.9 Å². The van der Waals surface area contributed by atoms with E-state index in [9.17, 15) is 15.0 Å². The highest BCUT2D eigenvalue weighted by molar-refractivity contribution is 7.22. The molecule has 5 nitrogen and oxygen atoms in total. The first-order valence-electron chi connectivity index (χ1n) is 12.7. The average Bonchev–Trinajstić information content (AvgIpc) is 3.32. The van der Waals surface area contributed by atoms with E-state index in [0.29, 0.717) is 35.5 Å². The lowest BCUT2D eigenvalue weighted by Crippen LogP contribution is -2.35. The number of carbonyl (C=O) groups excluding carboxylic acids is 1. The summed E-state index contributed by atoms with van der Waals surface area (Å²) in [5.74, 6) is 2.12. The first-order valence-corrected chi connectivity index (χ1v) is 14.6. The van der Waals surface area contributed by atoms with Gasteiger partial charge in [0.2, 0.25) is 0 Å². The second-order valence-corrected chi connectivity index (χ2v) is 10.9. The number of benzene rings is 3. The molecular weight excluding hydrogens is 577 g/mol. The van der Waals surface area contributed by atoms with Gasteiger partial charge in [-0.3, -0.25) is 4.79 Å². The Morgan fingerprint density at radius 1 is 0.949 bits per heavy atom. The van der Waals surface area contributed by atoms with Crippen molar-refractivity contribution in [3.8, 4) is 27.7 Å². The van der Waals surface area contributed by atoms with Gasteiger partial charge in [-0.1, -0.05) is 6.42 Å². The smallest absolute Gasteiger partial charge is 0.195 e. The summed E-state index contributed by atoms with van der Waals surface area (Å²) < 4.78 is 6.76. The number of alkyl halides is 2. The van der Waals surface area contributed by atoms with Gasteiger partial charge in [-0.15, -0.1) is 46.9 Å². The zero-order valence-electron chi connectivity index (χ0n) is 21.4. The van der Waals surface area contributed by atoms with E-state index >= 15 is 0 Å². The van der Waals surface area contributed by atoms with Gasteiger partial charge in [-0.2, -0.15) is 0 Å². The van der Waals surface area contributed by atoms with E-state index in [1.807, 2.05) is 12.1 Å². The van der Waals surface area contributed by atoms with E-state index in [-0.39, 0.29) is 29.7 Å². The fourth-order valence-electron chi connectivity index (χ4n) is 4.46. The molecule has 4 aromatic rings. The van der Waals surface area contributed by atoms with Crippen molar-refractivity contribution in [2.75, 3.05) is 24.9 Å². The quantitative estimate of drug-likeness (QED) is 0.140. The molecule has 1 atom stereocenters. The maximum absolute atomic E-state index is 13.6. The summed E-state index contributed by atoms with van der Waals surface area (Å²) in [6.45, 7) is 1.74. The monoisotopic (exact) mass is 607 g/mol. The van der Waals surface area contributed by atoms with E-state index in [1.165, 1.54) is 30.6 Å². The number of rotatable bonds is 8. The molecule has 0 aliphatic carbocycles. The zero-order chi connectivity index (χ0) is 26.9. The van der Waals surface area contributed by atoms with E-state index in [0.717, 1.165) is 39.2 Å². The van der Waals surface area contributed by atoms with Crippen LogP contribution in [0.4, 0.5) is 0 Å². The Kier molecular flexibility index (Phi) is 12.2. The maximum Gasteiger partial charge on any atom is 0.195 e. The van der Waals surface area contributed by atoms with Crippen LogP contribution >= 0.6 is 46.9 Å². The second kappa shape index (κ2) is 15.3. The molecule has 0 saturated carbocycles. The van der Waals surface area contributed by atoms with Crippen LogP contribution in [0.2, 0.25) is 0 Å². The number of phenolic OH excluding ortho intramolecular Hbond substituents is 2. The van der Waals surface area contributed by atoms with Gasteiger partial charge >= 0.3 is 0 Å². The number of thiophene rings is 1. The molecule has 1 fully saturated rings. The van der Waals surface area contributed by atoms with Crippen LogP contribution in [-0.4, -0.2) is 46.9 Å². The largest absolute Gasteiger partial charge is 0.508 e. The Morgan fingerprint density at radius 3 is 2.28 bits per heavy atom. The molecule has 0 bridgehead atoms. The topological polar surface area (TPSA) is 78.8 Å². The molecule has 2 heterocycles. The van der Waals surface area contributed by atoms with Gasteiger partial charge in [0, 0.05) is 43.9 Å². The number of ketones is 1. The van der Waals surface area contributed by atoms with Crippen LogP contribution in [0.25, 0.3) is 20.5 Å². The summed E-state index contributed by atoms with van der Waals surface area (Å²) in [6.07, 6.45) is 4.70. The van der Waals surface area contributed by atoms with Crippen molar-refractivity contribution in [1.29, 1.82) is 0 Å². The van der Waals surface area contributed by atoms with E-state index in [4.69, 9.17) is 27.9 Å². The van der Waals surface area contributed by atoms with Gasteiger partial charge in [0.15, 0.2) is 5.78 Å². The number of phenols is 2. The van der Waals surface area contributed by atoms with Crippen LogP contribution in [0.15, 0.2) is 66.7 Å². The van der Waals surface area contributed by atoms with E-state index in [1.54, 1.807) is 54.6 Å². The highest BCUT2D eigenvalue weighted by Crippen LogP contribution is 2.41. The van der Waals surface area contributed by atoms with Gasteiger partial charge in [0.25, 0.3) is 0 Å². The molecule has 9 heteroatoms. The lowest BCUT2D eigenvalue weighted by atomic mass is 9.97. The normalized spacial score (nSPS) is 14.7. The summed E-state index contributed by atoms with van der Waals surface area (Å²) >= 11 is 11.6. The number of halogens is 3. The fourth-order valence-corrected chi connectivity index (χ4v) is 5.70. The molecule has 1 aliphatic rings. The molecule has 0 amide bonds. The minimum absolute atomic E-state index is 0. The third kappa shape index (κ3) is 8.26. The maximum atomic E-state index is 13.6. The number of piperidine rings is 1. The summed E-state index contributed by atoms with van der Waals surface area (Å²) in [6, 6.07) is 19.7. The summed E-state index contributed by atoms with van der Waals surface area (Å²) in [5, 5.41) is 24.0. The van der Waals surface area contributed by atoms with Crippen molar-refractivity contribution < 1.29 is 19.7 Å². The van der Waals surface area contributed by atoms with Gasteiger partial charge in [0.1, 0.15) is 17.2 Å². The number of aromatic hydroxyl groups is 2. The summed E-state index contributed by atoms with van der Waals surface area (Å²) in [5.41, 5.74) is 2.02. The van der Waals surface area contributed by atoms with Crippen molar-refractivity contribution in [3.63, 3.8) is 0 Å². The average molecular weight is 609 g/mol. The minimum Gasteiger partial charge on any atom is -0.508 e. The molecule has 5 rings (SSSR count). The van der Waals surface area contributed by atoms with Gasteiger partial charge < -0.3 is 20.3 Å². The van der Waals surface area contributed by atoms with Crippen LogP contribution in [0.5, 0.6) is 17.2 Å². The van der Waals surface area contributed by atoms with E-state index in [2.05, 4.69) is 5.32 Å². The van der Waals surface area contributed by atoms with Crippen LogP contribution < -0.4 is 10.1 Å². The molecule has 0 spiro atoms. The molecule has 208 valence electrons. The molecule has 3 N–H and O–H groups in total. The number of fused-ring (bicyclic) bond motifs is 1. The Labute approximate surface area is 249 Å². The predicted octanol–water partition coefficient (Wildman–Crippen LogP) is 8.01. The predicted molar refractivity (Wildman–Crippen MR) is 165 cm³/mol. The van der Waals surface area contributed by atoms with Gasteiger partial charge in [0.05, 0.1) is 6.61 Å². The lowest BCUT2D eigenvalue weighted by molar-refractivity contribution is 0.104. The van der Waals surface area contributed by atoms with Gasteiger partial charge in [-0.25, -0.2) is 0 Å². The van der Waals surface area contributed by atoms with Crippen LogP contribution in [0.3, 0.4) is 0 Å². The van der Waals surface area contributed by atoms with Crippen LogP contribution in [0, 0.1) is 0 Å². The SMILES string of the molecule is Cl.ClCCCl.O=C(c1ccc(OCCC2CCCCN2)cc1)c1c(-c2ccc(O)cc2)sc2cc(O)ccc12. The summed E-state index contributed by atoms with van der Waals surface area (Å²) in [7, 11) is 0. The number of ether oxygens (including phenoxy) is 1. The van der Waals surface area contributed by atoms with Crippen molar-refractivity contribution >= 4 is 62.8 Å². The molecule has 39 heavy (non-hydrogen) atoms. The molecule has 1 saturated heterocycles. The molecule has 1 aliphatic heterocycles. The molecule has 1 unspecified atom stereocenters. The molecule has 1 aromatic heterocycles. The number of carbonyl (C=O) groups is 1. The third-order valence-corrected chi connectivity index (χ3v) is 8.14. The van der Waals surface area contributed by atoms with Gasteiger partial charge in [-0.05, 0) is 98.1 Å². The molecule has 3 aromatic carbocycles. The first kappa shape index (κ1) is 31.1. The second-order valence-electron chi connectivity index (χ2n) is 9.05. The Morgan fingerprint density at radius 2 is 1.64 bits per heavy atom. The van der Waals surface area contributed by atoms with Crippen LogP contribution in [0.1, 0.15) is 41.6 Å². The Hall–Kier alpha value is -2.48.